The monoisotopic (exact) mass is 525 g/mol. The van der Waals surface area contributed by atoms with Crippen molar-refractivity contribution in [1.82, 2.24) is 24.5 Å². The lowest BCUT2D eigenvalue weighted by Gasteiger charge is -2.54. The molecule has 3 aliphatic heterocycles. The van der Waals surface area contributed by atoms with E-state index < -0.39 is 10.8 Å². The van der Waals surface area contributed by atoms with Crippen molar-refractivity contribution < 1.29 is 9.72 Å². The Hall–Kier alpha value is -4.54. The SMILES string of the molecule is O=C(NCCc1nnc2ccccn12)[C@@H]1Cc2cc([N+](=O)[O-])ccc2N2C[C@H]3C[C@@H](Cn4c3cccc4=O)[C@@H]12. The van der Waals surface area contributed by atoms with E-state index >= 15 is 0 Å². The number of anilines is 1. The van der Waals surface area contributed by atoms with Crippen molar-refractivity contribution in [2.45, 2.75) is 37.8 Å². The van der Waals surface area contributed by atoms with E-state index in [0.29, 0.717) is 32.5 Å². The molecular weight excluding hydrogens is 498 g/mol. The molecule has 0 unspecified atom stereocenters. The fraction of sp³-hybridized carbons (Fsp3) is 0.357. The maximum Gasteiger partial charge on any atom is 0.269 e. The molecule has 0 saturated carbocycles. The van der Waals surface area contributed by atoms with Crippen LogP contribution in [0.4, 0.5) is 11.4 Å². The van der Waals surface area contributed by atoms with E-state index in [0.717, 1.165) is 34.8 Å². The van der Waals surface area contributed by atoms with Crippen molar-refractivity contribution in [2.24, 2.45) is 11.8 Å². The maximum absolute atomic E-state index is 13.8. The topological polar surface area (TPSA) is 128 Å². The molecule has 7 rings (SSSR count). The number of carbonyl (C=O) groups excluding carboxylic acids is 1. The Morgan fingerprint density at radius 1 is 1.10 bits per heavy atom. The Balaban J connectivity index is 1.19. The largest absolute Gasteiger partial charge is 0.366 e. The predicted octanol–water partition coefficient (Wildman–Crippen LogP) is 2.32. The van der Waals surface area contributed by atoms with Gasteiger partial charge in [-0.25, -0.2) is 0 Å². The van der Waals surface area contributed by atoms with E-state index in [-0.39, 0.29) is 35.0 Å². The third kappa shape index (κ3) is 3.87. The van der Waals surface area contributed by atoms with Crippen LogP contribution >= 0.6 is 0 Å². The van der Waals surface area contributed by atoms with Crippen LogP contribution in [0.1, 0.15) is 29.4 Å². The van der Waals surface area contributed by atoms with Gasteiger partial charge in [-0.2, -0.15) is 0 Å². The van der Waals surface area contributed by atoms with Crippen LogP contribution in [0.15, 0.2) is 65.6 Å². The molecule has 2 bridgehead atoms. The van der Waals surface area contributed by atoms with Crippen LogP contribution in [-0.2, 0) is 24.2 Å². The number of non-ortho nitro benzene ring substituents is 1. The van der Waals surface area contributed by atoms with Crippen LogP contribution in [0.3, 0.4) is 0 Å². The summed E-state index contributed by atoms with van der Waals surface area (Å²) in [7, 11) is 0. The highest BCUT2D eigenvalue weighted by molar-refractivity contribution is 5.82. The van der Waals surface area contributed by atoms with E-state index in [1.807, 2.05) is 51.6 Å². The number of fused-ring (bicyclic) bond motifs is 9. The van der Waals surface area contributed by atoms with E-state index in [2.05, 4.69) is 20.4 Å². The number of nitro groups is 1. The Bertz CT molecular complexity index is 1680. The van der Waals surface area contributed by atoms with Gasteiger partial charge in [0.15, 0.2) is 5.65 Å². The van der Waals surface area contributed by atoms with E-state index in [1.54, 1.807) is 18.2 Å². The standard InChI is InChI=1S/C28H27N7O4/c36-26-6-3-4-22-18-12-19(16-33(22)26)27-21(14-17-13-20(35(38)39)7-8-23(17)34(27)15-18)28(37)29-10-9-25-31-30-24-5-1-2-11-32(24)25/h1-8,11,13,18-19,21,27H,9-10,12,14-16H2,(H,29,37)/t18-,19+,21-,27+/m1/s1. The lowest BCUT2D eigenvalue weighted by Crippen LogP contribution is -2.61. The van der Waals surface area contributed by atoms with Gasteiger partial charge in [0.1, 0.15) is 5.82 Å². The predicted molar refractivity (Wildman–Crippen MR) is 143 cm³/mol. The first-order chi connectivity index (χ1) is 19.0. The molecule has 0 radical (unpaired) electrons. The van der Waals surface area contributed by atoms with Crippen LogP contribution in [0, 0.1) is 22.0 Å². The highest BCUT2D eigenvalue weighted by atomic mass is 16.6. The second-order valence-corrected chi connectivity index (χ2v) is 10.7. The zero-order valence-electron chi connectivity index (χ0n) is 21.1. The second kappa shape index (κ2) is 9.04. The van der Waals surface area contributed by atoms with E-state index in [9.17, 15) is 19.7 Å². The summed E-state index contributed by atoms with van der Waals surface area (Å²) >= 11 is 0. The molecule has 3 aromatic heterocycles. The molecule has 1 N–H and O–H groups in total. The minimum absolute atomic E-state index is 0.0102. The van der Waals surface area contributed by atoms with Gasteiger partial charge in [0.25, 0.3) is 11.2 Å². The summed E-state index contributed by atoms with van der Waals surface area (Å²) in [6, 6.07) is 16.0. The smallest absolute Gasteiger partial charge is 0.269 e. The summed E-state index contributed by atoms with van der Waals surface area (Å²) < 4.78 is 3.77. The fourth-order valence-electron chi connectivity index (χ4n) is 6.94. The van der Waals surface area contributed by atoms with Crippen LogP contribution in [0.2, 0.25) is 0 Å². The van der Waals surface area contributed by atoms with Gasteiger partial charge in [-0.1, -0.05) is 12.1 Å². The number of rotatable bonds is 5. The van der Waals surface area contributed by atoms with Crippen LogP contribution in [0.25, 0.3) is 5.65 Å². The Morgan fingerprint density at radius 2 is 2.00 bits per heavy atom. The average Bonchev–Trinajstić information content (AvgIpc) is 3.36. The Kier molecular flexibility index (Phi) is 5.46. The molecule has 1 amide bonds. The summed E-state index contributed by atoms with van der Waals surface area (Å²) in [6.45, 7) is 1.62. The third-order valence-corrected chi connectivity index (χ3v) is 8.57. The summed E-state index contributed by atoms with van der Waals surface area (Å²) in [5.74, 6) is 0.541. The van der Waals surface area contributed by atoms with Crippen molar-refractivity contribution >= 4 is 22.9 Å². The number of nitrogens with one attached hydrogen (secondary N) is 1. The first-order valence-electron chi connectivity index (χ1n) is 13.3. The zero-order chi connectivity index (χ0) is 26.7. The number of nitro benzene ring substituents is 1. The quantitative estimate of drug-likeness (QED) is 0.313. The first-order valence-corrected chi connectivity index (χ1v) is 13.3. The number of pyridine rings is 2. The van der Waals surface area contributed by atoms with Crippen molar-refractivity contribution in [1.29, 1.82) is 0 Å². The number of amides is 1. The van der Waals surface area contributed by atoms with Gasteiger partial charge >= 0.3 is 0 Å². The molecule has 198 valence electrons. The Labute approximate surface area is 223 Å². The normalized spacial score (nSPS) is 23.0. The number of hydrogen-bond donors (Lipinski definition) is 1. The molecule has 1 fully saturated rings. The molecule has 6 heterocycles. The van der Waals surface area contributed by atoms with E-state index in [1.165, 1.54) is 0 Å². The van der Waals surface area contributed by atoms with Crippen LogP contribution in [-0.4, -0.2) is 49.1 Å². The minimum atomic E-state index is -0.401. The molecule has 0 spiro atoms. The number of piperidine rings is 1. The number of carbonyl (C=O) groups is 1. The van der Waals surface area contributed by atoms with Crippen LogP contribution < -0.4 is 15.8 Å². The van der Waals surface area contributed by atoms with E-state index in [4.69, 9.17) is 0 Å². The van der Waals surface area contributed by atoms with Gasteiger partial charge in [0.2, 0.25) is 5.91 Å². The summed E-state index contributed by atoms with van der Waals surface area (Å²) in [5.41, 5.74) is 3.56. The van der Waals surface area contributed by atoms with Crippen molar-refractivity contribution in [2.75, 3.05) is 18.0 Å². The lowest BCUT2D eigenvalue weighted by atomic mass is 9.70. The molecule has 4 aromatic rings. The third-order valence-electron chi connectivity index (χ3n) is 8.57. The van der Waals surface area contributed by atoms with Crippen molar-refractivity contribution in [3.63, 3.8) is 0 Å². The molecule has 4 atom stereocenters. The van der Waals surface area contributed by atoms with Crippen molar-refractivity contribution in [3.05, 3.63) is 98.3 Å². The maximum atomic E-state index is 13.8. The summed E-state index contributed by atoms with van der Waals surface area (Å²) in [6.07, 6.45) is 3.74. The van der Waals surface area contributed by atoms with Gasteiger partial charge in [0.05, 0.1) is 10.8 Å². The second-order valence-electron chi connectivity index (χ2n) is 10.7. The number of hydrogen-bond acceptors (Lipinski definition) is 7. The van der Waals surface area contributed by atoms with Gasteiger partial charge in [-0.3, -0.25) is 24.1 Å². The zero-order valence-corrected chi connectivity index (χ0v) is 21.1. The lowest BCUT2D eigenvalue weighted by molar-refractivity contribution is -0.384. The molecule has 11 heteroatoms. The summed E-state index contributed by atoms with van der Waals surface area (Å²) in [5, 5.41) is 23.1. The molecule has 1 saturated heterocycles. The highest BCUT2D eigenvalue weighted by Crippen LogP contribution is 2.47. The van der Waals surface area contributed by atoms with Crippen molar-refractivity contribution in [3.8, 4) is 0 Å². The van der Waals surface area contributed by atoms with Gasteiger partial charge in [-0.05, 0) is 48.6 Å². The summed E-state index contributed by atoms with van der Waals surface area (Å²) in [4.78, 5) is 39.9. The minimum Gasteiger partial charge on any atom is -0.366 e. The molecule has 39 heavy (non-hydrogen) atoms. The molecule has 0 aliphatic carbocycles. The molecule has 11 nitrogen and oxygen atoms in total. The Morgan fingerprint density at radius 3 is 2.87 bits per heavy atom. The number of aromatic nitrogens is 4. The van der Waals surface area contributed by atoms with Crippen LogP contribution in [0.5, 0.6) is 0 Å². The fourth-order valence-corrected chi connectivity index (χ4v) is 6.94. The first kappa shape index (κ1) is 23.6. The molecule has 3 aliphatic rings. The number of benzene rings is 1. The molecular formula is C28H27N7O4. The molecule has 1 aromatic carbocycles. The van der Waals surface area contributed by atoms with Gasteiger partial charge in [0, 0.05) is 73.8 Å². The van der Waals surface area contributed by atoms with Gasteiger partial charge in [-0.15, -0.1) is 10.2 Å². The number of nitrogens with zero attached hydrogens (tertiary/aromatic N) is 6. The highest BCUT2D eigenvalue weighted by Gasteiger charge is 2.49. The van der Waals surface area contributed by atoms with Gasteiger partial charge < -0.3 is 14.8 Å². The average molecular weight is 526 g/mol.